The molecule has 7 heteroatoms. The molecule has 1 fully saturated rings. The molecule has 3 amide bonds. The number of benzene rings is 1. The summed E-state index contributed by atoms with van der Waals surface area (Å²) in [7, 11) is 0. The predicted molar refractivity (Wildman–Crippen MR) is 91.7 cm³/mol. The number of nitrogens with zero attached hydrogens (tertiary/aromatic N) is 2. The largest absolute Gasteiger partial charge is 0.336 e. The Hall–Kier alpha value is -2.60. The van der Waals surface area contributed by atoms with Crippen molar-refractivity contribution in [2.24, 2.45) is 0 Å². The first-order valence-electron chi connectivity index (χ1n) is 7.61. The number of hydrogen-bond acceptors (Lipinski definition) is 3. The zero-order valence-corrected chi connectivity index (χ0v) is 13.7. The highest BCUT2D eigenvalue weighted by atomic mass is 35.5. The van der Waals surface area contributed by atoms with Gasteiger partial charge in [-0.05, 0) is 17.7 Å². The monoisotopic (exact) mass is 344 g/mol. The van der Waals surface area contributed by atoms with Gasteiger partial charge in [-0.3, -0.25) is 4.79 Å². The second-order valence-corrected chi connectivity index (χ2v) is 5.96. The Labute approximate surface area is 144 Å². The lowest BCUT2D eigenvalue weighted by Crippen LogP contribution is -2.39. The van der Waals surface area contributed by atoms with Crippen LogP contribution in [0.25, 0.3) is 0 Å². The third-order valence-electron chi connectivity index (χ3n) is 3.77. The van der Waals surface area contributed by atoms with Gasteiger partial charge >= 0.3 is 6.03 Å². The van der Waals surface area contributed by atoms with Gasteiger partial charge in [0.25, 0.3) is 0 Å². The van der Waals surface area contributed by atoms with Crippen LogP contribution in [0, 0.1) is 0 Å². The smallest absolute Gasteiger partial charge is 0.319 e. The molecule has 2 aromatic rings. The van der Waals surface area contributed by atoms with Crippen molar-refractivity contribution >= 4 is 29.2 Å². The number of pyridine rings is 1. The van der Waals surface area contributed by atoms with E-state index in [-0.39, 0.29) is 17.1 Å². The summed E-state index contributed by atoms with van der Waals surface area (Å²) in [6.07, 6.45) is 1.84. The van der Waals surface area contributed by atoms with Gasteiger partial charge in [0.15, 0.2) is 5.15 Å². The molecule has 1 aliphatic rings. The second-order valence-electron chi connectivity index (χ2n) is 5.60. The molecule has 124 valence electrons. The second kappa shape index (κ2) is 7.31. The maximum atomic E-state index is 12.1. The Morgan fingerprint density at radius 1 is 1.25 bits per heavy atom. The first kappa shape index (κ1) is 16.3. The van der Waals surface area contributed by atoms with Gasteiger partial charge in [0.05, 0.1) is 11.7 Å². The van der Waals surface area contributed by atoms with E-state index in [2.05, 4.69) is 15.6 Å². The van der Waals surface area contributed by atoms with Crippen LogP contribution in [-0.2, 0) is 11.3 Å². The Balaban J connectivity index is 1.54. The average Bonchev–Trinajstić information content (AvgIpc) is 2.90. The Kier molecular flexibility index (Phi) is 4.96. The molecule has 0 bridgehead atoms. The number of aromatic nitrogens is 1. The molecule has 1 aliphatic heterocycles. The summed E-state index contributed by atoms with van der Waals surface area (Å²) < 4.78 is 0. The topological polar surface area (TPSA) is 74.3 Å². The van der Waals surface area contributed by atoms with E-state index in [1.807, 2.05) is 30.3 Å². The van der Waals surface area contributed by atoms with Crippen LogP contribution < -0.4 is 10.6 Å². The maximum absolute atomic E-state index is 12.1. The van der Waals surface area contributed by atoms with Gasteiger partial charge in [0.2, 0.25) is 5.91 Å². The van der Waals surface area contributed by atoms with E-state index in [0.29, 0.717) is 25.2 Å². The number of halogens is 1. The van der Waals surface area contributed by atoms with Crippen molar-refractivity contribution < 1.29 is 9.59 Å². The van der Waals surface area contributed by atoms with Crippen LogP contribution in [0.2, 0.25) is 5.15 Å². The van der Waals surface area contributed by atoms with Crippen LogP contribution in [-0.4, -0.2) is 34.4 Å². The number of anilines is 1. The molecule has 6 nitrogen and oxygen atoms in total. The lowest BCUT2D eigenvalue weighted by molar-refractivity contribution is -0.128. The third-order valence-corrected chi connectivity index (χ3v) is 4.07. The molecule has 24 heavy (non-hydrogen) atoms. The molecule has 1 unspecified atom stereocenters. The molecular formula is C17H17ClN4O2. The van der Waals surface area contributed by atoms with E-state index in [1.165, 1.54) is 0 Å². The molecule has 1 saturated heterocycles. The number of amides is 3. The van der Waals surface area contributed by atoms with Crippen molar-refractivity contribution in [1.29, 1.82) is 0 Å². The first-order valence-corrected chi connectivity index (χ1v) is 7.99. The standard InChI is InChI=1S/C17H17ClN4O2/c18-16-14(7-4-8-19-16)21-17(24)20-13-9-15(23)22(11-13)10-12-5-2-1-3-6-12/h1-8,13H,9-11H2,(H2,20,21,24). The third kappa shape index (κ3) is 4.02. The number of likely N-dealkylation sites (tertiary alicyclic amines) is 1. The van der Waals surface area contributed by atoms with E-state index in [0.717, 1.165) is 5.56 Å². The van der Waals surface area contributed by atoms with Crippen molar-refractivity contribution in [2.45, 2.75) is 19.0 Å². The van der Waals surface area contributed by atoms with Gasteiger partial charge in [0.1, 0.15) is 0 Å². The number of rotatable bonds is 4. The minimum Gasteiger partial charge on any atom is -0.336 e. The molecule has 3 rings (SSSR count). The summed E-state index contributed by atoms with van der Waals surface area (Å²) in [6.45, 7) is 1.04. The van der Waals surface area contributed by atoms with Crippen molar-refractivity contribution in [3.63, 3.8) is 0 Å². The number of nitrogens with one attached hydrogen (secondary N) is 2. The minimum atomic E-state index is -0.399. The quantitative estimate of drug-likeness (QED) is 0.837. The SMILES string of the molecule is O=C(Nc1cccnc1Cl)NC1CC(=O)N(Cc2ccccc2)C1. The average molecular weight is 345 g/mol. The number of carbonyl (C=O) groups is 2. The molecule has 1 aromatic heterocycles. The predicted octanol–water partition coefficient (Wildman–Crippen LogP) is 2.66. The summed E-state index contributed by atoms with van der Waals surface area (Å²) >= 11 is 5.91. The fourth-order valence-corrected chi connectivity index (χ4v) is 2.82. The fraction of sp³-hybridized carbons (Fsp3) is 0.235. The van der Waals surface area contributed by atoms with Gasteiger partial charge in [-0.25, -0.2) is 9.78 Å². The lowest BCUT2D eigenvalue weighted by Gasteiger charge is -2.17. The number of carbonyl (C=O) groups excluding carboxylic acids is 2. The highest BCUT2D eigenvalue weighted by Crippen LogP contribution is 2.18. The zero-order valence-electron chi connectivity index (χ0n) is 12.9. The van der Waals surface area contributed by atoms with Gasteiger partial charge in [0, 0.05) is 25.7 Å². The fourth-order valence-electron chi connectivity index (χ4n) is 2.65. The molecule has 0 spiro atoms. The van der Waals surface area contributed by atoms with E-state index < -0.39 is 6.03 Å². The molecule has 0 saturated carbocycles. The van der Waals surface area contributed by atoms with E-state index in [4.69, 9.17) is 11.6 Å². The van der Waals surface area contributed by atoms with Crippen molar-refractivity contribution in [3.8, 4) is 0 Å². The van der Waals surface area contributed by atoms with Crippen LogP contribution in [0.1, 0.15) is 12.0 Å². The van der Waals surface area contributed by atoms with Crippen LogP contribution in [0.3, 0.4) is 0 Å². The van der Waals surface area contributed by atoms with Crippen LogP contribution >= 0.6 is 11.6 Å². The molecule has 2 heterocycles. The van der Waals surface area contributed by atoms with Crippen LogP contribution in [0.4, 0.5) is 10.5 Å². The molecule has 0 aliphatic carbocycles. The normalized spacial score (nSPS) is 17.0. The Morgan fingerprint density at radius 3 is 2.79 bits per heavy atom. The van der Waals surface area contributed by atoms with Crippen molar-refractivity contribution in [1.82, 2.24) is 15.2 Å². The van der Waals surface area contributed by atoms with E-state index in [9.17, 15) is 9.59 Å². The summed E-state index contributed by atoms with van der Waals surface area (Å²) in [5, 5.41) is 5.67. The highest BCUT2D eigenvalue weighted by Gasteiger charge is 2.30. The number of hydrogen-bond donors (Lipinski definition) is 2. The summed E-state index contributed by atoms with van der Waals surface area (Å²) in [5.74, 6) is 0.0311. The van der Waals surface area contributed by atoms with Crippen LogP contribution in [0.15, 0.2) is 48.7 Å². The molecule has 1 aromatic carbocycles. The Bertz CT molecular complexity index is 738. The summed E-state index contributed by atoms with van der Waals surface area (Å²) in [6, 6.07) is 12.5. The van der Waals surface area contributed by atoms with Gasteiger partial charge in [-0.1, -0.05) is 41.9 Å². The molecule has 2 N–H and O–H groups in total. The summed E-state index contributed by atoms with van der Waals surface area (Å²) in [4.78, 5) is 29.8. The van der Waals surface area contributed by atoms with Gasteiger partial charge < -0.3 is 15.5 Å². The van der Waals surface area contributed by atoms with Crippen molar-refractivity contribution in [2.75, 3.05) is 11.9 Å². The summed E-state index contributed by atoms with van der Waals surface area (Å²) in [5.41, 5.74) is 1.50. The molecule has 0 radical (unpaired) electrons. The van der Waals surface area contributed by atoms with Crippen LogP contribution in [0.5, 0.6) is 0 Å². The highest BCUT2D eigenvalue weighted by molar-refractivity contribution is 6.32. The zero-order chi connectivity index (χ0) is 16.9. The lowest BCUT2D eigenvalue weighted by atomic mass is 10.2. The molecular weight excluding hydrogens is 328 g/mol. The maximum Gasteiger partial charge on any atom is 0.319 e. The van der Waals surface area contributed by atoms with Crippen molar-refractivity contribution in [3.05, 3.63) is 59.4 Å². The first-order chi connectivity index (χ1) is 11.6. The Morgan fingerprint density at radius 2 is 2.04 bits per heavy atom. The minimum absolute atomic E-state index is 0.0311. The van der Waals surface area contributed by atoms with Gasteiger partial charge in [-0.15, -0.1) is 0 Å². The molecule has 1 atom stereocenters. The van der Waals surface area contributed by atoms with E-state index in [1.54, 1.807) is 23.2 Å². The number of urea groups is 1. The van der Waals surface area contributed by atoms with Gasteiger partial charge in [-0.2, -0.15) is 0 Å². The van der Waals surface area contributed by atoms with E-state index >= 15 is 0 Å².